The van der Waals surface area contributed by atoms with Crippen molar-refractivity contribution in [1.82, 2.24) is 15.0 Å². The minimum atomic E-state index is 0.528. The average molecular weight is 393 g/mol. The van der Waals surface area contributed by atoms with Crippen molar-refractivity contribution in [2.24, 2.45) is 5.92 Å². The molecular formula is C23H28N4S. The standard InChI is InChI=1S/C23H28N4S/c1-15-10-11-18-19(13-15)28-23-20(18)22(25-17-8-4-2-3-5-9-17)26-21(27-23)16-7-6-12-24-14-16/h6-7,12,14-15,17H,2-5,8-11,13H2,1H3,(H,25,26,27)/t15-/m0/s1. The van der Waals surface area contributed by atoms with Crippen LogP contribution >= 0.6 is 11.3 Å². The first-order chi connectivity index (χ1) is 13.8. The van der Waals surface area contributed by atoms with E-state index in [1.807, 2.05) is 23.6 Å². The van der Waals surface area contributed by atoms with Crippen molar-refractivity contribution in [1.29, 1.82) is 0 Å². The number of aromatic nitrogens is 3. The molecule has 146 valence electrons. The summed E-state index contributed by atoms with van der Waals surface area (Å²) in [6.45, 7) is 2.37. The molecule has 0 aromatic carbocycles. The van der Waals surface area contributed by atoms with Gasteiger partial charge in [0.2, 0.25) is 0 Å². The van der Waals surface area contributed by atoms with Crippen molar-refractivity contribution >= 4 is 27.4 Å². The Morgan fingerprint density at radius 2 is 1.93 bits per heavy atom. The Morgan fingerprint density at radius 1 is 1.07 bits per heavy atom. The molecule has 3 aromatic rings. The second kappa shape index (κ2) is 7.78. The summed E-state index contributed by atoms with van der Waals surface area (Å²) in [6.07, 6.45) is 15.1. The molecule has 0 aliphatic heterocycles. The Bertz CT molecular complexity index is 958. The molecule has 1 fully saturated rings. The van der Waals surface area contributed by atoms with E-state index >= 15 is 0 Å². The summed E-state index contributed by atoms with van der Waals surface area (Å²) < 4.78 is 0. The zero-order valence-electron chi connectivity index (χ0n) is 16.6. The van der Waals surface area contributed by atoms with E-state index in [4.69, 9.17) is 9.97 Å². The first-order valence-corrected chi connectivity index (χ1v) is 11.6. The minimum Gasteiger partial charge on any atom is -0.367 e. The molecule has 0 unspecified atom stereocenters. The van der Waals surface area contributed by atoms with E-state index in [2.05, 4.69) is 23.3 Å². The number of pyridine rings is 1. The monoisotopic (exact) mass is 392 g/mol. The van der Waals surface area contributed by atoms with Crippen LogP contribution in [-0.4, -0.2) is 21.0 Å². The van der Waals surface area contributed by atoms with Crippen molar-refractivity contribution in [3.8, 4) is 11.4 Å². The molecule has 2 aliphatic rings. The third-order valence-corrected chi connectivity index (χ3v) is 7.42. The van der Waals surface area contributed by atoms with Crippen LogP contribution in [0.25, 0.3) is 21.6 Å². The molecule has 3 aromatic heterocycles. The first kappa shape index (κ1) is 18.0. The topological polar surface area (TPSA) is 50.7 Å². The van der Waals surface area contributed by atoms with Crippen LogP contribution in [0.5, 0.6) is 0 Å². The zero-order valence-corrected chi connectivity index (χ0v) is 17.4. The van der Waals surface area contributed by atoms with Crippen molar-refractivity contribution in [2.45, 2.75) is 70.8 Å². The molecule has 5 heteroatoms. The summed E-state index contributed by atoms with van der Waals surface area (Å²) in [6, 6.07) is 4.54. The van der Waals surface area contributed by atoms with Gasteiger partial charge in [0.15, 0.2) is 5.82 Å². The van der Waals surface area contributed by atoms with Crippen LogP contribution in [0.4, 0.5) is 5.82 Å². The largest absolute Gasteiger partial charge is 0.367 e. The lowest BCUT2D eigenvalue weighted by atomic mass is 9.89. The molecule has 3 heterocycles. The number of hydrogen-bond donors (Lipinski definition) is 1. The highest BCUT2D eigenvalue weighted by molar-refractivity contribution is 7.19. The number of fused-ring (bicyclic) bond motifs is 3. The second-order valence-corrected chi connectivity index (χ2v) is 9.59. The van der Waals surface area contributed by atoms with Crippen molar-refractivity contribution in [3.05, 3.63) is 35.0 Å². The summed E-state index contributed by atoms with van der Waals surface area (Å²) in [5, 5.41) is 5.15. The quantitative estimate of drug-likeness (QED) is 0.554. The molecule has 0 saturated heterocycles. The normalized spacial score (nSPS) is 20.7. The fraction of sp³-hybridized carbons (Fsp3) is 0.522. The highest BCUT2D eigenvalue weighted by atomic mass is 32.1. The summed E-state index contributed by atoms with van der Waals surface area (Å²) in [7, 11) is 0. The predicted octanol–water partition coefficient (Wildman–Crippen LogP) is 6.01. The molecule has 0 bridgehead atoms. The fourth-order valence-corrected chi connectivity index (χ4v) is 6.07. The lowest BCUT2D eigenvalue weighted by molar-refractivity contribution is 0.509. The van der Waals surface area contributed by atoms with Crippen LogP contribution in [0.1, 0.15) is 62.3 Å². The van der Waals surface area contributed by atoms with Gasteiger partial charge < -0.3 is 5.32 Å². The molecule has 1 atom stereocenters. The SMILES string of the molecule is C[C@H]1CCc2c(sc3nc(-c4cccnc4)nc(NC4CCCCCC4)c23)C1. The van der Waals surface area contributed by atoms with Gasteiger partial charge in [-0.1, -0.05) is 32.6 Å². The number of nitrogens with zero attached hydrogens (tertiary/aromatic N) is 3. The van der Waals surface area contributed by atoms with Crippen LogP contribution in [0, 0.1) is 5.92 Å². The minimum absolute atomic E-state index is 0.528. The lowest BCUT2D eigenvalue weighted by Crippen LogP contribution is -2.20. The maximum absolute atomic E-state index is 5.04. The number of thiophene rings is 1. The van der Waals surface area contributed by atoms with Gasteiger partial charge >= 0.3 is 0 Å². The van der Waals surface area contributed by atoms with Gasteiger partial charge in [0.25, 0.3) is 0 Å². The summed E-state index contributed by atoms with van der Waals surface area (Å²) in [5.41, 5.74) is 2.50. The van der Waals surface area contributed by atoms with Gasteiger partial charge in [0.05, 0.1) is 5.39 Å². The molecule has 1 saturated carbocycles. The molecule has 0 radical (unpaired) electrons. The van der Waals surface area contributed by atoms with E-state index in [1.165, 1.54) is 67.2 Å². The van der Waals surface area contributed by atoms with Gasteiger partial charge in [0, 0.05) is 28.9 Å². The lowest BCUT2D eigenvalue weighted by Gasteiger charge is -2.21. The third-order valence-electron chi connectivity index (χ3n) is 6.27. The molecule has 28 heavy (non-hydrogen) atoms. The van der Waals surface area contributed by atoms with Gasteiger partial charge in [-0.15, -0.1) is 11.3 Å². The van der Waals surface area contributed by atoms with E-state index in [0.29, 0.717) is 6.04 Å². The van der Waals surface area contributed by atoms with Crippen molar-refractivity contribution < 1.29 is 0 Å². The van der Waals surface area contributed by atoms with Crippen molar-refractivity contribution in [3.63, 3.8) is 0 Å². The number of anilines is 1. The number of aryl methyl sites for hydroxylation is 1. The fourth-order valence-electron chi connectivity index (χ4n) is 4.69. The van der Waals surface area contributed by atoms with E-state index in [-0.39, 0.29) is 0 Å². The van der Waals surface area contributed by atoms with E-state index in [9.17, 15) is 0 Å². The van der Waals surface area contributed by atoms with E-state index in [0.717, 1.165) is 34.4 Å². The molecule has 0 spiro atoms. The summed E-state index contributed by atoms with van der Waals surface area (Å²) in [5.74, 6) is 2.62. The van der Waals surface area contributed by atoms with Crippen LogP contribution in [-0.2, 0) is 12.8 Å². The Hall–Kier alpha value is -2.01. The molecular weight excluding hydrogens is 364 g/mol. The maximum atomic E-state index is 5.04. The maximum Gasteiger partial charge on any atom is 0.164 e. The average Bonchev–Trinajstić information content (AvgIpc) is 2.88. The third kappa shape index (κ3) is 3.52. The number of nitrogens with one attached hydrogen (secondary N) is 1. The van der Waals surface area contributed by atoms with Gasteiger partial charge in [-0.2, -0.15) is 0 Å². The van der Waals surface area contributed by atoms with Crippen LogP contribution in [0.15, 0.2) is 24.5 Å². The predicted molar refractivity (Wildman–Crippen MR) is 117 cm³/mol. The Morgan fingerprint density at radius 3 is 2.71 bits per heavy atom. The summed E-state index contributed by atoms with van der Waals surface area (Å²) in [4.78, 5) is 17.0. The highest BCUT2D eigenvalue weighted by Gasteiger charge is 2.25. The molecule has 1 N–H and O–H groups in total. The Labute approximate surface area is 170 Å². The first-order valence-electron chi connectivity index (χ1n) is 10.8. The molecule has 2 aliphatic carbocycles. The second-order valence-electron chi connectivity index (χ2n) is 8.50. The Kier molecular flexibility index (Phi) is 5.02. The van der Waals surface area contributed by atoms with Crippen LogP contribution in [0.2, 0.25) is 0 Å². The smallest absolute Gasteiger partial charge is 0.164 e. The van der Waals surface area contributed by atoms with Gasteiger partial charge in [-0.3, -0.25) is 4.98 Å². The number of hydrogen-bond acceptors (Lipinski definition) is 5. The zero-order chi connectivity index (χ0) is 18.9. The molecule has 5 rings (SSSR count). The van der Waals surface area contributed by atoms with E-state index < -0.39 is 0 Å². The van der Waals surface area contributed by atoms with E-state index in [1.54, 1.807) is 6.20 Å². The van der Waals surface area contributed by atoms with Gasteiger partial charge in [0.1, 0.15) is 10.6 Å². The van der Waals surface area contributed by atoms with Gasteiger partial charge in [-0.05, 0) is 55.7 Å². The van der Waals surface area contributed by atoms with Gasteiger partial charge in [-0.25, -0.2) is 9.97 Å². The summed E-state index contributed by atoms with van der Waals surface area (Å²) >= 11 is 1.88. The molecule has 0 amide bonds. The highest BCUT2D eigenvalue weighted by Crippen LogP contribution is 2.41. The number of rotatable bonds is 3. The Balaban J connectivity index is 1.61. The van der Waals surface area contributed by atoms with Crippen LogP contribution in [0.3, 0.4) is 0 Å². The van der Waals surface area contributed by atoms with Crippen molar-refractivity contribution in [2.75, 3.05) is 5.32 Å². The molecule has 4 nitrogen and oxygen atoms in total. The van der Waals surface area contributed by atoms with Crippen LogP contribution < -0.4 is 5.32 Å².